The van der Waals surface area contributed by atoms with E-state index in [1.165, 1.54) is 33.6 Å². The molecule has 5 rings (SSSR count). The number of nitrogens with one attached hydrogen (secondary N) is 1. The average molecular weight is 426 g/mol. The molecule has 1 aliphatic rings. The van der Waals surface area contributed by atoms with Crippen molar-refractivity contribution < 1.29 is 9.53 Å². The number of benzene rings is 3. The topological polar surface area (TPSA) is 77.2 Å². The Morgan fingerprint density at radius 1 is 1.06 bits per heavy atom. The summed E-state index contributed by atoms with van der Waals surface area (Å²) in [4.78, 5) is 16.4. The summed E-state index contributed by atoms with van der Waals surface area (Å²) in [5, 5.41) is 3.24. The molecule has 0 unspecified atom stereocenters. The first-order chi connectivity index (χ1) is 15.2. The van der Waals surface area contributed by atoms with Crippen LogP contribution in [0.5, 0.6) is 0 Å². The van der Waals surface area contributed by atoms with Crippen molar-refractivity contribution in [2.75, 3.05) is 18.9 Å². The molecule has 1 heterocycles. The number of fused-ring (bicyclic) bond motifs is 4. The second-order valence-corrected chi connectivity index (χ2v) is 8.28. The SMILES string of the molecule is Nc1nc2ccc(C#CCNC(=O)OCC3c4ccccc4-c4ccccc43)cc2s1. The number of carbonyl (C=O) groups is 1. The van der Waals surface area contributed by atoms with Gasteiger partial charge >= 0.3 is 6.09 Å². The van der Waals surface area contributed by atoms with Gasteiger partial charge in [-0.25, -0.2) is 9.78 Å². The third-order valence-corrected chi connectivity index (χ3v) is 6.15. The predicted octanol–water partition coefficient (Wildman–Crippen LogP) is 4.77. The highest BCUT2D eigenvalue weighted by Crippen LogP contribution is 2.44. The van der Waals surface area contributed by atoms with E-state index >= 15 is 0 Å². The van der Waals surface area contributed by atoms with Crippen molar-refractivity contribution in [2.24, 2.45) is 0 Å². The highest BCUT2D eigenvalue weighted by Gasteiger charge is 2.28. The van der Waals surface area contributed by atoms with Gasteiger partial charge in [-0.2, -0.15) is 0 Å². The number of ether oxygens (including phenoxy) is 1. The molecule has 5 nitrogen and oxygen atoms in total. The van der Waals surface area contributed by atoms with E-state index in [4.69, 9.17) is 10.5 Å². The summed E-state index contributed by atoms with van der Waals surface area (Å²) in [6.45, 7) is 0.496. The van der Waals surface area contributed by atoms with Gasteiger partial charge in [0.25, 0.3) is 0 Å². The molecule has 31 heavy (non-hydrogen) atoms. The minimum absolute atomic E-state index is 0.0443. The van der Waals surface area contributed by atoms with Crippen LogP contribution >= 0.6 is 11.3 Å². The number of hydrogen-bond acceptors (Lipinski definition) is 5. The zero-order valence-electron chi connectivity index (χ0n) is 16.6. The Morgan fingerprint density at radius 3 is 2.52 bits per heavy atom. The van der Waals surface area contributed by atoms with Crippen molar-refractivity contribution in [3.8, 4) is 23.0 Å². The average Bonchev–Trinajstić information content (AvgIpc) is 3.32. The van der Waals surface area contributed by atoms with Crippen LogP contribution in [-0.4, -0.2) is 24.2 Å². The second kappa shape index (κ2) is 8.13. The molecule has 1 amide bonds. The Morgan fingerprint density at radius 2 is 1.77 bits per heavy atom. The predicted molar refractivity (Wildman–Crippen MR) is 124 cm³/mol. The van der Waals surface area contributed by atoms with E-state index in [0.717, 1.165) is 15.8 Å². The Kier molecular flexibility index (Phi) is 5.03. The molecule has 0 atom stereocenters. The van der Waals surface area contributed by atoms with Crippen molar-refractivity contribution >= 4 is 32.8 Å². The first kappa shape index (κ1) is 19.2. The normalized spacial score (nSPS) is 12.0. The molecular weight excluding hydrogens is 406 g/mol. The summed E-state index contributed by atoms with van der Waals surface area (Å²) >= 11 is 1.43. The van der Waals surface area contributed by atoms with Crippen LogP contribution in [0, 0.1) is 11.8 Å². The van der Waals surface area contributed by atoms with Crippen LogP contribution in [-0.2, 0) is 4.74 Å². The number of thiazole rings is 1. The van der Waals surface area contributed by atoms with E-state index in [1.54, 1.807) is 0 Å². The van der Waals surface area contributed by atoms with Crippen LogP contribution in [0.1, 0.15) is 22.6 Å². The summed E-state index contributed by atoms with van der Waals surface area (Å²) in [6, 6.07) is 22.3. The minimum Gasteiger partial charge on any atom is -0.449 e. The van der Waals surface area contributed by atoms with Crippen molar-refractivity contribution in [1.29, 1.82) is 0 Å². The van der Waals surface area contributed by atoms with E-state index in [0.29, 0.717) is 5.13 Å². The lowest BCUT2D eigenvalue weighted by Crippen LogP contribution is -2.26. The van der Waals surface area contributed by atoms with Gasteiger partial charge in [0.1, 0.15) is 6.61 Å². The molecule has 6 heteroatoms. The minimum atomic E-state index is -0.471. The number of alkyl carbamates (subject to hydrolysis) is 1. The highest BCUT2D eigenvalue weighted by atomic mass is 32.1. The van der Waals surface area contributed by atoms with Crippen LogP contribution in [0.3, 0.4) is 0 Å². The number of aromatic nitrogens is 1. The summed E-state index contributed by atoms with van der Waals surface area (Å²) in [5.74, 6) is 6.04. The van der Waals surface area contributed by atoms with Gasteiger partial charge in [-0.05, 0) is 40.5 Å². The van der Waals surface area contributed by atoms with Crippen molar-refractivity contribution in [2.45, 2.75) is 5.92 Å². The summed E-state index contributed by atoms with van der Waals surface area (Å²) in [6.07, 6.45) is -0.471. The van der Waals surface area contributed by atoms with Gasteiger partial charge < -0.3 is 15.8 Å². The van der Waals surface area contributed by atoms with Gasteiger partial charge in [0.15, 0.2) is 5.13 Å². The molecule has 0 aliphatic heterocycles. The summed E-state index contributed by atoms with van der Waals surface area (Å²) in [7, 11) is 0. The number of nitrogens with zero attached hydrogens (tertiary/aromatic N) is 1. The van der Waals surface area contributed by atoms with Crippen molar-refractivity contribution in [1.82, 2.24) is 10.3 Å². The summed E-state index contributed by atoms with van der Waals surface area (Å²) in [5.41, 5.74) is 12.2. The van der Waals surface area contributed by atoms with Gasteiger partial charge in [0, 0.05) is 11.5 Å². The maximum absolute atomic E-state index is 12.2. The highest BCUT2D eigenvalue weighted by molar-refractivity contribution is 7.22. The molecule has 0 fully saturated rings. The molecule has 1 aromatic heterocycles. The van der Waals surface area contributed by atoms with E-state index in [1.807, 2.05) is 42.5 Å². The molecule has 4 aromatic rings. The molecule has 0 saturated carbocycles. The number of nitrogens with two attached hydrogens (primary N) is 1. The fourth-order valence-electron chi connectivity index (χ4n) is 3.93. The maximum atomic E-state index is 12.2. The van der Waals surface area contributed by atoms with Gasteiger partial charge in [-0.3, -0.25) is 0 Å². The third-order valence-electron chi connectivity index (χ3n) is 5.30. The van der Waals surface area contributed by atoms with E-state index in [2.05, 4.69) is 46.4 Å². The molecule has 3 aromatic carbocycles. The lowest BCUT2D eigenvalue weighted by atomic mass is 9.98. The van der Waals surface area contributed by atoms with Crippen molar-refractivity contribution in [3.63, 3.8) is 0 Å². The molecule has 1 aliphatic carbocycles. The monoisotopic (exact) mass is 425 g/mol. The van der Waals surface area contributed by atoms with Crippen molar-refractivity contribution in [3.05, 3.63) is 83.4 Å². The first-order valence-electron chi connectivity index (χ1n) is 9.93. The number of nitrogen functional groups attached to an aromatic ring is 1. The molecular formula is C25H19N3O2S. The lowest BCUT2D eigenvalue weighted by molar-refractivity contribution is 0.144. The standard InChI is InChI=1S/C25H19N3O2S/c26-24-28-22-12-11-16(14-23(22)31-24)6-5-13-27-25(29)30-15-21-19-9-3-1-7-17(19)18-8-2-4-10-20(18)21/h1-4,7-12,14,21H,13,15H2,(H2,26,28)(H,27,29). The molecule has 0 bridgehead atoms. The van der Waals surface area contributed by atoms with Crippen LogP contribution in [0.15, 0.2) is 66.7 Å². The van der Waals surface area contributed by atoms with Crippen LogP contribution in [0.2, 0.25) is 0 Å². The van der Waals surface area contributed by atoms with Gasteiger partial charge in [-0.1, -0.05) is 71.7 Å². The fraction of sp³-hybridized carbons (Fsp3) is 0.120. The van der Waals surface area contributed by atoms with Gasteiger partial charge in [0.2, 0.25) is 0 Å². The van der Waals surface area contributed by atoms with Crippen LogP contribution < -0.4 is 11.1 Å². The molecule has 152 valence electrons. The van der Waals surface area contributed by atoms with Gasteiger partial charge in [0.05, 0.1) is 16.8 Å². The van der Waals surface area contributed by atoms with E-state index in [9.17, 15) is 4.79 Å². The third kappa shape index (κ3) is 3.83. The smallest absolute Gasteiger partial charge is 0.407 e. The van der Waals surface area contributed by atoms with Crippen LogP contribution in [0.25, 0.3) is 21.3 Å². The second-order valence-electron chi connectivity index (χ2n) is 7.22. The van der Waals surface area contributed by atoms with Gasteiger partial charge in [-0.15, -0.1) is 0 Å². The molecule has 3 N–H and O–H groups in total. The number of hydrogen-bond donors (Lipinski definition) is 2. The number of anilines is 1. The quantitative estimate of drug-likeness (QED) is 0.464. The Bertz CT molecular complexity index is 1300. The number of rotatable bonds is 3. The Balaban J connectivity index is 1.19. The maximum Gasteiger partial charge on any atom is 0.407 e. The van der Waals surface area contributed by atoms with E-state index < -0.39 is 6.09 Å². The zero-order valence-corrected chi connectivity index (χ0v) is 17.4. The summed E-state index contributed by atoms with van der Waals surface area (Å²) < 4.78 is 6.51. The molecule has 0 saturated heterocycles. The first-order valence-corrected chi connectivity index (χ1v) is 10.7. The largest absolute Gasteiger partial charge is 0.449 e. The molecule has 0 spiro atoms. The van der Waals surface area contributed by atoms with Crippen LogP contribution in [0.4, 0.5) is 9.93 Å². The Hall–Kier alpha value is -3.82. The Labute approximate surface area is 183 Å². The number of carbonyl (C=O) groups excluding carboxylic acids is 1. The van der Waals surface area contributed by atoms with E-state index in [-0.39, 0.29) is 19.1 Å². The fourth-order valence-corrected chi connectivity index (χ4v) is 4.71. The number of amides is 1. The zero-order chi connectivity index (χ0) is 21.2. The lowest BCUT2D eigenvalue weighted by Gasteiger charge is -2.14. The molecule has 0 radical (unpaired) electrons.